The summed E-state index contributed by atoms with van der Waals surface area (Å²) >= 11 is 12.2. The van der Waals surface area contributed by atoms with Crippen LogP contribution in [0.1, 0.15) is 0 Å². The molecule has 0 saturated heterocycles. The Morgan fingerprint density at radius 1 is 0.833 bits per heavy atom. The molecule has 6 heteroatoms. The summed E-state index contributed by atoms with van der Waals surface area (Å²) in [5.74, 6) is 0. The van der Waals surface area contributed by atoms with Crippen molar-refractivity contribution in [3.8, 4) is 0 Å². The van der Waals surface area contributed by atoms with Crippen LogP contribution in [0.3, 0.4) is 0 Å². The molecule has 2 rings (SSSR count). The standard InChI is InChI=1S/C12H10Cl2N2S2/c13-7-3-1-2-4-9(7)17-18-10-6-5-8(15)12(16)11(10)14/h1-6H,15-16H2. The maximum absolute atomic E-state index is 6.13. The predicted octanol–water partition coefficient (Wildman–Crippen LogP) is 4.96. The number of nitrogen functional groups attached to an aromatic ring is 2. The minimum atomic E-state index is 0.418. The minimum Gasteiger partial charge on any atom is -0.397 e. The first-order valence-electron chi connectivity index (χ1n) is 5.02. The Morgan fingerprint density at radius 2 is 1.50 bits per heavy atom. The van der Waals surface area contributed by atoms with Gasteiger partial charge < -0.3 is 11.5 Å². The molecule has 0 bridgehead atoms. The van der Waals surface area contributed by atoms with Gasteiger partial charge in [0.15, 0.2) is 0 Å². The van der Waals surface area contributed by atoms with Gasteiger partial charge in [0.2, 0.25) is 0 Å². The van der Waals surface area contributed by atoms with Crippen molar-refractivity contribution < 1.29 is 0 Å². The number of halogens is 2. The fraction of sp³-hybridized carbons (Fsp3) is 0. The van der Waals surface area contributed by atoms with E-state index in [0.717, 1.165) is 14.8 Å². The summed E-state index contributed by atoms with van der Waals surface area (Å²) in [6.45, 7) is 0. The number of hydrogen-bond acceptors (Lipinski definition) is 4. The van der Waals surface area contributed by atoms with Crippen LogP contribution in [0.25, 0.3) is 0 Å². The molecule has 0 amide bonds. The van der Waals surface area contributed by atoms with Crippen LogP contribution < -0.4 is 11.5 Å². The maximum atomic E-state index is 6.13. The van der Waals surface area contributed by atoms with Crippen molar-refractivity contribution in [1.82, 2.24) is 0 Å². The highest BCUT2D eigenvalue weighted by Gasteiger charge is 2.09. The quantitative estimate of drug-likeness (QED) is 0.621. The van der Waals surface area contributed by atoms with Gasteiger partial charge in [-0.1, -0.05) is 56.9 Å². The van der Waals surface area contributed by atoms with E-state index in [9.17, 15) is 0 Å². The van der Waals surface area contributed by atoms with Crippen LogP contribution >= 0.6 is 44.8 Å². The molecule has 4 N–H and O–H groups in total. The zero-order valence-electron chi connectivity index (χ0n) is 9.19. The molecule has 0 fully saturated rings. The van der Waals surface area contributed by atoms with Gasteiger partial charge in [0.05, 0.1) is 21.4 Å². The summed E-state index contributed by atoms with van der Waals surface area (Å²) in [4.78, 5) is 1.85. The molecule has 2 nitrogen and oxygen atoms in total. The highest BCUT2D eigenvalue weighted by atomic mass is 35.5. The molecule has 0 aliphatic carbocycles. The molecule has 2 aromatic carbocycles. The normalized spacial score (nSPS) is 10.6. The van der Waals surface area contributed by atoms with Crippen LogP contribution in [0.5, 0.6) is 0 Å². The van der Waals surface area contributed by atoms with E-state index in [1.165, 1.54) is 21.6 Å². The van der Waals surface area contributed by atoms with Crippen LogP contribution in [0.4, 0.5) is 11.4 Å². The maximum Gasteiger partial charge on any atom is 0.0801 e. The van der Waals surface area contributed by atoms with Crippen molar-refractivity contribution in [2.75, 3.05) is 11.5 Å². The van der Waals surface area contributed by atoms with E-state index in [1.54, 1.807) is 6.07 Å². The van der Waals surface area contributed by atoms with Crippen LogP contribution in [-0.2, 0) is 0 Å². The zero-order chi connectivity index (χ0) is 13.1. The number of hydrogen-bond donors (Lipinski definition) is 2. The molecule has 2 aromatic rings. The first kappa shape index (κ1) is 13.7. The van der Waals surface area contributed by atoms with Gasteiger partial charge in [0.1, 0.15) is 0 Å². The van der Waals surface area contributed by atoms with Crippen LogP contribution in [0.15, 0.2) is 46.2 Å². The Bertz CT molecular complexity index is 576. The van der Waals surface area contributed by atoms with Crippen molar-refractivity contribution in [1.29, 1.82) is 0 Å². The van der Waals surface area contributed by atoms with E-state index in [1.807, 2.05) is 30.3 Å². The van der Waals surface area contributed by atoms with Gasteiger partial charge in [-0.3, -0.25) is 0 Å². The molecule has 0 saturated carbocycles. The first-order valence-corrected chi connectivity index (χ1v) is 7.92. The third kappa shape index (κ3) is 3.01. The summed E-state index contributed by atoms with van der Waals surface area (Å²) in [5, 5.41) is 1.20. The SMILES string of the molecule is Nc1ccc(SSc2ccccc2Cl)c(Cl)c1N. The van der Waals surface area contributed by atoms with Crippen molar-refractivity contribution >= 4 is 56.2 Å². The second-order valence-corrected chi connectivity index (χ2v) is 6.48. The number of rotatable bonds is 3. The molecular weight excluding hydrogens is 307 g/mol. The Morgan fingerprint density at radius 3 is 2.22 bits per heavy atom. The van der Waals surface area contributed by atoms with Gasteiger partial charge in [-0.15, -0.1) is 0 Å². The molecule has 0 aliphatic heterocycles. The van der Waals surface area contributed by atoms with Crippen molar-refractivity contribution in [3.05, 3.63) is 46.4 Å². The second-order valence-electron chi connectivity index (χ2n) is 3.48. The van der Waals surface area contributed by atoms with Crippen LogP contribution in [0, 0.1) is 0 Å². The third-order valence-electron chi connectivity index (χ3n) is 2.24. The van der Waals surface area contributed by atoms with Crippen LogP contribution in [-0.4, -0.2) is 0 Å². The van der Waals surface area contributed by atoms with E-state index >= 15 is 0 Å². The van der Waals surface area contributed by atoms with E-state index in [2.05, 4.69) is 0 Å². The van der Waals surface area contributed by atoms with Gasteiger partial charge in [0.25, 0.3) is 0 Å². The van der Waals surface area contributed by atoms with Crippen molar-refractivity contribution in [3.63, 3.8) is 0 Å². The molecule has 0 spiro atoms. The predicted molar refractivity (Wildman–Crippen MR) is 83.4 cm³/mol. The largest absolute Gasteiger partial charge is 0.397 e. The minimum absolute atomic E-state index is 0.418. The molecule has 0 unspecified atom stereocenters. The molecule has 0 radical (unpaired) electrons. The van der Waals surface area contributed by atoms with E-state index in [0.29, 0.717) is 16.4 Å². The second kappa shape index (κ2) is 5.97. The summed E-state index contributed by atoms with van der Waals surface area (Å²) in [6, 6.07) is 11.2. The molecular formula is C12H10Cl2N2S2. The average molecular weight is 317 g/mol. The van der Waals surface area contributed by atoms with Gasteiger partial charge in [-0.2, -0.15) is 0 Å². The highest BCUT2D eigenvalue weighted by molar-refractivity contribution is 8.76. The fourth-order valence-corrected chi connectivity index (χ4v) is 4.23. The van der Waals surface area contributed by atoms with E-state index in [4.69, 9.17) is 34.7 Å². The monoisotopic (exact) mass is 316 g/mol. The number of nitrogens with two attached hydrogens (primary N) is 2. The molecule has 0 atom stereocenters. The lowest BCUT2D eigenvalue weighted by Gasteiger charge is -2.08. The topological polar surface area (TPSA) is 52.0 Å². The van der Waals surface area contributed by atoms with Crippen LogP contribution in [0.2, 0.25) is 10.0 Å². The smallest absolute Gasteiger partial charge is 0.0801 e. The summed E-state index contributed by atoms with van der Waals surface area (Å²) < 4.78 is 0. The Kier molecular flexibility index (Phi) is 4.56. The molecule has 0 heterocycles. The summed E-state index contributed by atoms with van der Waals surface area (Å²) in [5.41, 5.74) is 12.4. The molecule has 94 valence electrons. The lowest BCUT2D eigenvalue weighted by Crippen LogP contribution is -1.95. The molecule has 0 aliphatic rings. The number of benzene rings is 2. The first-order chi connectivity index (χ1) is 8.59. The lowest BCUT2D eigenvalue weighted by molar-refractivity contribution is 1.46. The molecule has 0 aromatic heterocycles. The average Bonchev–Trinajstić information content (AvgIpc) is 2.37. The highest BCUT2D eigenvalue weighted by Crippen LogP contribution is 2.45. The van der Waals surface area contributed by atoms with Crippen molar-refractivity contribution in [2.45, 2.75) is 9.79 Å². The van der Waals surface area contributed by atoms with Gasteiger partial charge >= 0.3 is 0 Å². The lowest BCUT2D eigenvalue weighted by atomic mass is 10.3. The zero-order valence-corrected chi connectivity index (χ0v) is 12.3. The van der Waals surface area contributed by atoms with Crippen molar-refractivity contribution in [2.24, 2.45) is 0 Å². The Hall–Kier alpha value is -0.680. The number of anilines is 2. The fourth-order valence-electron chi connectivity index (χ4n) is 1.25. The van der Waals surface area contributed by atoms with Gasteiger partial charge in [-0.05, 0) is 24.3 Å². The van der Waals surface area contributed by atoms with Gasteiger partial charge in [-0.25, -0.2) is 0 Å². The summed E-state index contributed by atoms with van der Waals surface area (Å²) in [6.07, 6.45) is 0. The third-order valence-corrected chi connectivity index (χ3v) is 5.66. The molecule has 18 heavy (non-hydrogen) atoms. The Labute approximate surface area is 123 Å². The van der Waals surface area contributed by atoms with Gasteiger partial charge in [0, 0.05) is 9.79 Å². The summed E-state index contributed by atoms with van der Waals surface area (Å²) in [7, 11) is 3.03. The van der Waals surface area contributed by atoms with E-state index < -0.39 is 0 Å². The van der Waals surface area contributed by atoms with E-state index in [-0.39, 0.29) is 0 Å². The Balaban J connectivity index is 2.17.